The highest BCUT2D eigenvalue weighted by atomic mass is 79.9. The Balaban J connectivity index is 2.91. The zero-order chi connectivity index (χ0) is 8.27. The molecule has 0 atom stereocenters. The molecule has 1 heterocycles. The summed E-state index contributed by atoms with van der Waals surface area (Å²) < 4.78 is 0.115. The standard InChI is InChI=1S/C6H6Br2N2S/c1-11-6-9-3-2-4(10-6)5(7)8/h2-3,5H,1H3. The van der Waals surface area contributed by atoms with Crippen molar-refractivity contribution < 1.29 is 0 Å². The van der Waals surface area contributed by atoms with Crippen molar-refractivity contribution in [2.45, 2.75) is 8.89 Å². The van der Waals surface area contributed by atoms with Crippen molar-refractivity contribution in [2.24, 2.45) is 0 Å². The van der Waals surface area contributed by atoms with E-state index in [0.29, 0.717) is 0 Å². The van der Waals surface area contributed by atoms with Crippen LogP contribution in [0, 0.1) is 0 Å². The van der Waals surface area contributed by atoms with Crippen LogP contribution >= 0.6 is 43.6 Å². The molecule has 0 saturated heterocycles. The number of hydrogen-bond donors (Lipinski definition) is 0. The van der Waals surface area contributed by atoms with Gasteiger partial charge in [-0.15, -0.1) is 0 Å². The van der Waals surface area contributed by atoms with Crippen LogP contribution in [0.15, 0.2) is 17.4 Å². The molecule has 0 aromatic carbocycles. The summed E-state index contributed by atoms with van der Waals surface area (Å²) in [5, 5.41) is 0.798. The maximum absolute atomic E-state index is 4.25. The van der Waals surface area contributed by atoms with E-state index >= 15 is 0 Å². The fourth-order valence-electron chi connectivity index (χ4n) is 0.574. The molecule has 0 bridgehead atoms. The zero-order valence-corrected chi connectivity index (χ0v) is 9.78. The van der Waals surface area contributed by atoms with Crippen LogP contribution in [0.2, 0.25) is 0 Å². The molecule has 0 spiro atoms. The molecule has 60 valence electrons. The van der Waals surface area contributed by atoms with Gasteiger partial charge in [0.25, 0.3) is 0 Å². The lowest BCUT2D eigenvalue weighted by atomic mass is 10.5. The van der Waals surface area contributed by atoms with Gasteiger partial charge < -0.3 is 0 Å². The Labute approximate surface area is 86.5 Å². The van der Waals surface area contributed by atoms with Crippen molar-refractivity contribution in [3.05, 3.63) is 18.0 Å². The Morgan fingerprint density at radius 3 is 2.82 bits per heavy atom. The molecule has 0 aliphatic heterocycles. The van der Waals surface area contributed by atoms with Crippen molar-refractivity contribution in [1.82, 2.24) is 9.97 Å². The van der Waals surface area contributed by atoms with E-state index in [0.717, 1.165) is 10.9 Å². The highest BCUT2D eigenvalue weighted by Crippen LogP contribution is 2.27. The van der Waals surface area contributed by atoms with Gasteiger partial charge in [-0.25, -0.2) is 9.97 Å². The fourth-order valence-corrected chi connectivity index (χ4v) is 1.45. The normalized spacial score (nSPS) is 10.5. The lowest BCUT2D eigenvalue weighted by Crippen LogP contribution is -1.91. The van der Waals surface area contributed by atoms with Crippen LogP contribution in [-0.4, -0.2) is 16.2 Å². The topological polar surface area (TPSA) is 25.8 Å². The number of halogens is 2. The molecule has 0 aliphatic rings. The van der Waals surface area contributed by atoms with E-state index in [4.69, 9.17) is 0 Å². The summed E-state index contributed by atoms with van der Waals surface area (Å²) in [6.45, 7) is 0. The Kier molecular flexibility index (Phi) is 3.81. The number of nitrogens with zero attached hydrogens (tertiary/aromatic N) is 2. The van der Waals surface area contributed by atoms with Crippen LogP contribution in [0.4, 0.5) is 0 Å². The van der Waals surface area contributed by atoms with Gasteiger partial charge in [-0.05, 0) is 12.3 Å². The minimum Gasteiger partial charge on any atom is -0.231 e. The first-order valence-electron chi connectivity index (χ1n) is 2.89. The molecule has 1 rings (SSSR count). The highest BCUT2D eigenvalue weighted by Gasteiger charge is 2.04. The van der Waals surface area contributed by atoms with Gasteiger partial charge in [0.2, 0.25) is 0 Å². The van der Waals surface area contributed by atoms with Crippen LogP contribution < -0.4 is 0 Å². The summed E-state index contributed by atoms with van der Waals surface area (Å²) >= 11 is 8.26. The van der Waals surface area contributed by atoms with E-state index in [1.165, 1.54) is 11.8 Å². The van der Waals surface area contributed by atoms with E-state index in [-0.39, 0.29) is 3.74 Å². The maximum atomic E-state index is 4.25. The summed E-state index contributed by atoms with van der Waals surface area (Å²) in [6, 6.07) is 1.87. The largest absolute Gasteiger partial charge is 0.231 e. The molecule has 0 N–H and O–H groups in total. The van der Waals surface area contributed by atoms with Gasteiger partial charge >= 0.3 is 0 Å². The van der Waals surface area contributed by atoms with Crippen molar-refractivity contribution in [2.75, 3.05) is 6.26 Å². The Morgan fingerprint density at radius 1 is 1.55 bits per heavy atom. The Bertz CT molecular complexity index is 242. The predicted molar refractivity (Wildman–Crippen MR) is 54.4 cm³/mol. The molecule has 5 heteroatoms. The molecule has 11 heavy (non-hydrogen) atoms. The SMILES string of the molecule is CSc1nccc(C(Br)Br)n1. The van der Waals surface area contributed by atoms with Gasteiger partial charge in [-0.3, -0.25) is 0 Å². The highest BCUT2D eigenvalue weighted by molar-refractivity contribution is 9.24. The van der Waals surface area contributed by atoms with Gasteiger partial charge in [-0.2, -0.15) is 0 Å². The summed E-state index contributed by atoms with van der Waals surface area (Å²) in [7, 11) is 0. The quantitative estimate of drug-likeness (QED) is 0.477. The van der Waals surface area contributed by atoms with Gasteiger partial charge in [0, 0.05) is 6.20 Å². The predicted octanol–water partition coefficient (Wildman–Crippen LogP) is 2.99. The number of alkyl halides is 2. The smallest absolute Gasteiger partial charge is 0.187 e. The minimum absolute atomic E-state index is 0.115. The summed E-state index contributed by atoms with van der Waals surface area (Å²) in [6.07, 6.45) is 3.71. The molecule has 0 saturated carbocycles. The number of rotatable bonds is 2. The summed E-state index contributed by atoms with van der Waals surface area (Å²) in [4.78, 5) is 8.30. The summed E-state index contributed by atoms with van der Waals surface area (Å²) in [5.41, 5.74) is 0.948. The lowest BCUT2D eigenvalue weighted by molar-refractivity contribution is 0.929. The average molecular weight is 298 g/mol. The second kappa shape index (κ2) is 4.42. The first-order valence-corrected chi connectivity index (χ1v) is 5.94. The molecular weight excluding hydrogens is 292 g/mol. The number of hydrogen-bond acceptors (Lipinski definition) is 3. The van der Waals surface area contributed by atoms with Gasteiger partial charge in [0.1, 0.15) is 3.74 Å². The maximum Gasteiger partial charge on any atom is 0.187 e. The molecule has 0 aliphatic carbocycles. The van der Waals surface area contributed by atoms with Crippen LogP contribution in [-0.2, 0) is 0 Å². The second-order valence-corrected chi connectivity index (χ2v) is 5.60. The van der Waals surface area contributed by atoms with Crippen LogP contribution in [0.5, 0.6) is 0 Å². The van der Waals surface area contributed by atoms with Gasteiger partial charge in [-0.1, -0.05) is 43.6 Å². The van der Waals surface area contributed by atoms with Crippen molar-refractivity contribution in [3.63, 3.8) is 0 Å². The van der Waals surface area contributed by atoms with Crippen LogP contribution in [0.25, 0.3) is 0 Å². The van der Waals surface area contributed by atoms with E-state index in [2.05, 4.69) is 41.8 Å². The monoisotopic (exact) mass is 296 g/mol. The third-order valence-electron chi connectivity index (χ3n) is 1.06. The molecule has 0 amide bonds. The second-order valence-electron chi connectivity index (χ2n) is 1.77. The average Bonchev–Trinajstić information content (AvgIpc) is 2.05. The zero-order valence-electron chi connectivity index (χ0n) is 5.79. The molecule has 1 aromatic rings. The Morgan fingerprint density at radius 2 is 2.27 bits per heavy atom. The molecule has 0 radical (unpaired) electrons. The number of thioether (sulfide) groups is 1. The fraction of sp³-hybridized carbons (Fsp3) is 0.333. The van der Waals surface area contributed by atoms with Gasteiger partial charge in [0.15, 0.2) is 5.16 Å². The minimum atomic E-state index is 0.115. The molecule has 1 aromatic heterocycles. The van der Waals surface area contributed by atoms with Crippen molar-refractivity contribution in [3.8, 4) is 0 Å². The third kappa shape index (κ3) is 2.72. The van der Waals surface area contributed by atoms with E-state index in [9.17, 15) is 0 Å². The molecule has 2 nitrogen and oxygen atoms in total. The number of aromatic nitrogens is 2. The third-order valence-corrected chi connectivity index (χ3v) is 2.56. The van der Waals surface area contributed by atoms with E-state index < -0.39 is 0 Å². The van der Waals surface area contributed by atoms with E-state index in [1.54, 1.807) is 6.20 Å². The Hall–Kier alpha value is 0.390. The van der Waals surface area contributed by atoms with Crippen LogP contribution in [0.3, 0.4) is 0 Å². The first kappa shape index (κ1) is 9.48. The van der Waals surface area contributed by atoms with Crippen molar-refractivity contribution >= 4 is 43.6 Å². The summed E-state index contributed by atoms with van der Waals surface area (Å²) in [5.74, 6) is 0. The van der Waals surface area contributed by atoms with Crippen molar-refractivity contribution in [1.29, 1.82) is 0 Å². The lowest BCUT2D eigenvalue weighted by Gasteiger charge is -2.00. The molecule has 0 fully saturated rings. The first-order chi connectivity index (χ1) is 5.24. The molecule has 0 unspecified atom stereocenters. The van der Waals surface area contributed by atoms with Crippen LogP contribution in [0.1, 0.15) is 9.43 Å². The van der Waals surface area contributed by atoms with E-state index in [1.807, 2.05) is 12.3 Å². The van der Waals surface area contributed by atoms with Gasteiger partial charge in [0.05, 0.1) is 5.69 Å². The molecular formula is C6H6Br2N2S.